The lowest BCUT2D eigenvalue weighted by Gasteiger charge is -2.14. The van der Waals surface area contributed by atoms with Crippen LogP contribution in [0.25, 0.3) is 0 Å². The monoisotopic (exact) mass is 261 g/mol. The zero-order chi connectivity index (χ0) is 13.7. The van der Waals surface area contributed by atoms with Crippen molar-refractivity contribution < 1.29 is 4.39 Å². The Morgan fingerprint density at radius 1 is 1.32 bits per heavy atom. The minimum Gasteiger partial charge on any atom is -0.309 e. The Labute approximate surface area is 113 Å². The standard InChI is InChI=1S/C15H20FN3/c1-12(17-11-14-9-10-18-19(14)2)7-8-13-5-3-4-6-15(13)16/h3-6,9-10,12,17H,7-8,11H2,1-2H3/t12-/m0/s1. The Balaban J connectivity index is 1.77. The summed E-state index contributed by atoms with van der Waals surface area (Å²) in [5, 5.41) is 7.56. The van der Waals surface area contributed by atoms with Gasteiger partial charge in [0.25, 0.3) is 0 Å². The average Bonchev–Trinajstić information content (AvgIpc) is 2.81. The lowest BCUT2D eigenvalue weighted by atomic mass is 10.1. The summed E-state index contributed by atoms with van der Waals surface area (Å²) < 4.78 is 15.3. The Bertz CT molecular complexity index is 522. The summed E-state index contributed by atoms with van der Waals surface area (Å²) >= 11 is 0. The first-order valence-electron chi connectivity index (χ1n) is 6.60. The molecular weight excluding hydrogens is 241 g/mol. The number of rotatable bonds is 6. The van der Waals surface area contributed by atoms with Crippen LogP contribution < -0.4 is 5.32 Å². The van der Waals surface area contributed by atoms with Crippen molar-refractivity contribution in [3.63, 3.8) is 0 Å². The molecule has 1 aromatic carbocycles. The first-order valence-corrected chi connectivity index (χ1v) is 6.60. The molecule has 2 aromatic rings. The average molecular weight is 261 g/mol. The predicted octanol–water partition coefficient (Wildman–Crippen LogP) is 2.67. The molecule has 0 radical (unpaired) electrons. The summed E-state index contributed by atoms with van der Waals surface area (Å²) in [6, 6.07) is 9.31. The van der Waals surface area contributed by atoms with Crippen LogP contribution in [0.5, 0.6) is 0 Å². The third kappa shape index (κ3) is 3.89. The Morgan fingerprint density at radius 2 is 2.11 bits per heavy atom. The van der Waals surface area contributed by atoms with E-state index in [4.69, 9.17) is 0 Å². The van der Waals surface area contributed by atoms with Crippen LogP contribution in [-0.4, -0.2) is 15.8 Å². The summed E-state index contributed by atoms with van der Waals surface area (Å²) in [4.78, 5) is 0. The van der Waals surface area contributed by atoms with Gasteiger partial charge in [0.1, 0.15) is 5.82 Å². The molecule has 0 amide bonds. The molecule has 0 saturated heterocycles. The SMILES string of the molecule is C[C@@H](CCc1ccccc1F)NCc1ccnn1C. The topological polar surface area (TPSA) is 29.9 Å². The Kier molecular flexibility index (Phi) is 4.68. The maximum atomic E-state index is 13.5. The van der Waals surface area contributed by atoms with Crippen LogP contribution in [-0.2, 0) is 20.0 Å². The Morgan fingerprint density at radius 3 is 2.79 bits per heavy atom. The Hall–Kier alpha value is -1.68. The highest BCUT2D eigenvalue weighted by Gasteiger charge is 2.06. The summed E-state index contributed by atoms with van der Waals surface area (Å²) in [7, 11) is 1.93. The van der Waals surface area contributed by atoms with E-state index in [-0.39, 0.29) is 5.82 Å². The third-order valence-corrected chi connectivity index (χ3v) is 3.36. The molecule has 0 aliphatic carbocycles. The molecule has 0 fully saturated rings. The molecule has 0 spiro atoms. The largest absolute Gasteiger partial charge is 0.309 e. The van der Waals surface area contributed by atoms with Crippen LogP contribution >= 0.6 is 0 Å². The quantitative estimate of drug-likeness (QED) is 0.866. The molecule has 0 aliphatic rings. The van der Waals surface area contributed by atoms with Gasteiger partial charge in [0.05, 0.1) is 5.69 Å². The van der Waals surface area contributed by atoms with E-state index in [9.17, 15) is 4.39 Å². The van der Waals surface area contributed by atoms with E-state index in [2.05, 4.69) is 17.3 Å². The molecule has 4 heteroatoms. The molecule has 1 aromatic heterocycles. The zero-order valence-electron chi connectivity index (χ0n) is 11.4. The maximum absolute atomic E-state index is 13.5. The van der Waals surface area contributed by atoms with Gasteiger partial charge in [0, 0.05) is 25.8 Å². The number of nitrogens with zero attached hydrogens (tertiary/aromatic N) is 2. The fourth-order valence-corrected chi connectivity index (χ4v) is 2.03. The minimum atomic E-state index is -0.110. The first-order chi connectivity index (χ1) is 9.16. The number of nitrogens with one attached hydrogen (secondary N) is 1. The summed E-state index contributed by atoms with van der Waals surface area (Å²) in [6.07, 6.45) is 3.46. The molecule has 0 unspecified atom stereocenters. The van der Waals surface area contributed by atoms with Crippen LogP contribution in [0.1, 0.15) is 24.6 Å². The van der Waals surface area contributed by atoms with Crippen LogP contribution in [0.15, 0.2) is 36.5 Å². The number of benzene rings is 1. The fraction of sp³-hybridized carbons (Fsp3) is 0.400. The van der Waals surface area contributed by atoms with Gasteiger partial charge in [-0.15, -0.1) is 0 Å². The highest BCUT2D eigenvalue weighted by atomic mass is 19.1. The number of aromatic nitrogens is 2. The second-order valence-corrected chi connectivity index (χ2v) is 4.86. The van der Waals surface area contributed by atoms with Gasteiger partial charge >= 0.3 is 0 Å². The first kappa shape index (κ1) is 13.7. The molecule has 1 N–H and O–H groups in total. The highest BCUT2D eigenvalue weighted by molar-refractivity contribution is 5.17. The molecule has 3 nitrogen and oxygen atoms in total. The van der Waals surface area contributed by atoms with Gasteiger partial charge in [-0.1, -0.05) is 18.2 Å². The van der Waals surface area contributed by atoms with E-state index < -0.39 is 0 Å². The molecule has 0 saturated carbocycles. The molecular formula is C15H20FN3. The zero-order valence-corrected chi connectivity index (χ0v) is 11.4. The van der Waals surface area contributed by atoms with Gasteiger partial charge in [-0.3, -0.25) is 4.68 Å². The molecule has 0 aliphatic heterocycles. The van der Waals surface area contributed by atoms with Crippen molar-refractivity contribution in [2.75, 3.05) is 0 Å². The van der Waals surface area contributed by atoms with Crippen LogP contribution in [0, 0.1) is 5.82 Å². The van der Waals surface area contributed by atoms with Crippen molar-refractivity contribution in [3.8, 4) is 0 Å². The van der Waals surface area contributed by atoms with Crippen molar-refractivity contribution in [1.29, 1.82) is 0 Å². The van der Waals surface area contributed by atoms with E-state index in [1.54, 1.807) is 12.3 Å². The van der Waals surface area contributed by atoms with E-state index in [0.717, 1.165) is 30.6 Å². The summed E-state index contributed by atoms with van der Waals surface area (Å²) in [6.45, 7) is 2.91. The highest BCUT2D eigenvalue weighted by Crippen LogP contribution is 2.10. The van der Waals surface area contributed by atoms with E-state index >= 15 is 0 Å². The number of aryl methyl sites for hydroxylation is 2. The van der Waals surface area contributed by atoms with Crippen molar-refractivity contribution in [2.24, 2.45) is 7.05 Å². The van der Waals surface area contributed by atoms with Crippen LogP contribution in [0.3, 0.4) is 0 Å². The van der Waals surface area contributed by atoms with Crippen molar-refractivity contribution in [1.82, 2.24) is 15.1 Å². The minimum absolute atomic E-state index is 0.110. The number of hydrogen-bond donors (Lipinski definition) is 1. The lowest BCUT2D eigenvalue weighted by Crippen LogP contribution is -2.27. The van der Waals surface area contributed by atoms with E-state index in [1.165, 1.54) is 6.07 Å². The van der Waals surface area contributed by atoms with Gasteiger partial charge in [0.2, 0.25) is 0 Å². The van der Waals surface area contributed by atoms with Crippen molar-refractivity contribution in [3.05, 3.63) is 53.6 Å². The van der Waals surface area contributed by atoms with Crippen LogP contribution in [0.4, 0.5) is 4.39 Å². The molecule has 1 heterocycles. The fourth-order valence-electron chi connectivity index (χ4n) is 2.03. The molecule has 1 atom stereocenters. The summed E-state index contributed by atoms with van der Waals surface area (Å²) in [5.74, 6) is -0.110. The van der Waals surface area contributed by atoms with Gasteiger partial charge in [-0.05, 0) is 37.5 Å². The van der Waals surface area contributed by atoms with Gasteiger partial charge < -0.3 is 5.32 Å². The number of halogens is 1. The van der Waals surface area contributed by atoms with Crippen molar-refractivity contribution in [2.45, 2.75) is 32.4 Å². The van der Waals surface area contributed by atoms with E-state index in [0.29, 0.717) is 6.04 Å². The molecule has 0 bridgehead atoms. The van der Waals surface area contributed by atoms with Crippen molar-refractivity contribution >= 4 is 0 Å². The molecule has 102 valence electrons. The predicted molar refractivity (Wildman–Crippen MR) is 74.2 cm³/mol. The normalized spacial score (nSPS) is 12.6. The second kappa shape index (κ2) is 6.48. The van der Waals surface area contributed by atoms with Gasteiger partial charge in [0.15, 0.2) is 0 Å². The van der Waals surface area contributed by atoms with Gasteiger partial charge in [-0.25, -0.2) is 4.39 Å². The second-order valence-electron chi connectivity index (χ2n) is 4.86. The smallest absolute Gasteiger partial charge is 0.126 e. The molecule has 19 heavy (non-hydrogen) atoms. The number of hydrogen-bond acceptors (Lipinski definition) is 2. The lowest BCUT2D eigenvalue weighted by molar-refractivity contribution is 0.494. The van der Waals surface area contributed by atoms with Crippen LogP contribution in [0.2, 0.25) is 0 Å². The summed E-state index contributed by atoms with van der Waals surface area (Å²) in [5.41, 5.74) is 1.94. The maximum Gasteiger partial charge on any atom is 0.126 e. The van der Waals surface area contributed by atoms with Gasteiger partial charge in [-0.2, -0.15) is 5.10 Å². The third-order valence-electron chi connectivity index (χ3n) is 3.36. The van der Waals surface area contributed by atoms with E-state index in [1.807, 2.05) is 29.9 Å². The molecule has 2 rings (SSSR count).